The molecule has 1 fully saturated rings. The number of carbonyl (C=O) groups is 2. The van der Waals surface area contributed by atoms with Crippen LogP contribution in [0.5, 0.6) is 0 Å². The Morgan fingerprint density at radius 1 is 1.13 bits per heavy atom. The summed E-state index contributed by atoms with van der Waals surface area (Å²) >= 11 is 0. The van der Waals surface area contributed by atoms with Crippen LogP contribution >= 0.6 is 0 Å². The summed E-state index contributed by atoms with van der Waals surface area (Å²) in [6.07, 6.45) is 6.86. The second-order valence-corrected chi connectivity index (χ2v) is 8.41. The highest BCUT2D eigenvalue weighted by Crippen LogP contribution is 2.33. The lowest BCUT2D eigenvalue weighted by Crippen LogP contribution is -2.49. The number of benzene rings is 1. The van der Waals surface area contributed by atoms with Crippen LogP contribution in [-0.4, -0.2) is 45.8 Å². The van der Waals surface area contributed by atoms with E-state index in [-0.39, 0.29) is 36.1 Å². The number of hydrogen-bond acceptors (Lipinski definition) is 2. The van der Waals surface area contributed by atoms with Gasteiger partial charge in [-0.3, -0.25) is 9.59 Å². The third-order valence-corrected chi connectivity index (χ3v) is 6.36. The van der Waals surface area contributed by atoms with Gasteiger partial charge in [-0.25, -0.2) is 4.39 Å². The first-order valence-electron chi connectivity index (χ1n) is 11.1. The Morgan fingerprint density at radius 2 is 1.93 bits per heavy atom. The first-order valence-corrected chi connectivity index (χ1v) is 11.1. The van der Waals surface area contributed by atoms with Crippen molar-refractivity contribution in [1.82, 2.24) is 14.4 Å². The predicted octanol–water partition coefficient (Wildman–Crippen LogP) is 3.99. The number of hydrogen-bond donors (Lipinski definition) is 0. The Balaban J connectivity index is 1.58. The molecule has 160 valence electrons. The highest BCUT2D eigenvalue weighted by Gasteiger charge is 2.34. The van der Waals surface area contributed by atoms with Gasteiger partial charge in [-0.05, 0) is 49.1 Å². The van der Waals surface area contributed by atoms with Gasteiger partial charge in [0.2, 0.25) is 11.8 Å². The maximum Gasteiger partial charge on any atom is 0.243 e. The average molecular weight is 412 g/mol. The van der Waals surface area contributed by atoms with E-state index >= 15 is 0 Å². The predicted molar refractivity (Wildman–Crippen MR) is 113 cm³/mol. The van der Waals surface area contributed by atoms with Crippen molar-refractivity contribution in [2.75, 3.05) is 19.6 Å². The molecule has 0 spiro atoms. The fourth-order valence-corrected chi connectivity index (χ4v) is 4.90. The van der Waals surface area contributed by atoms with E-state index in [9.17, 15) is 14.0 Å². The molecule has 0 radical (unpaired) electrons. The standard InChI is InChI=1S/C24H30FN3O2/c1-2-12-27(24(30)18-7-3-4-8-18)17-22(29)28-15-14-26-13-6-11-21(26)23(28)19-9-5-10-20(25)16-19/h5-6,9-11,13,16,18,23H,2-4,7-8,12,14-15,17H2,1H3. The molecule has 1 atom stereocenters. The van der Waals surface area contributed by atoms with E-state index in [1.54, 1.807) is 11.0 Å². The molecule has 6 heteroatoms. The van der Waals surface area contributed by atoms with Crippen LogP contribution in [0, 0.1) is 11.7 Å². The number of nitrogens with zero attached hydrogens (tertiary/aromatic N) is 3. The Morgan fingerprint density at radius 3 is 2.67 bits per heavy atom. The largest absolute Gasteiger partial charge is 0.348 e. The third-order valence-electron chi connectivity index (χ3n) is 6.36. The van der Waals surface area contributed by atoms with Gasteiger partial charge in [0.15, 0.2) is 0 Å². The van der Waals surface area contributed by atoms with Gasteiger partial charge < -0.3 is 14.4 Å². The van der Waals surface area contributed by atoms with Crippen LogP contribution in [0.2, 0.25) is 0 Å². The molecule has 2 aliphatic rings. The van der Waals surface area contributed by atoms with Crippen LogP contribution in [-0.2, 0) is 16.1 Å². The van der Waals surface area contributed by atoms with Crippen molar-refractivity contribution < 1.29 is 14.0 Å². The van der Waals surface area contributed by atoms with Crippen molar-refractivity contribution >= 4 is 11.8 Å². The van der Waals surface area contributed by atoms with Crippen LogP contribution in [0.4, 0.5) is 4.39 Å². The summed E-state index contributed by atoms with van der Waals surface area (Å²) in [5.41, 5.74) is 1.73. The number of rotatable bonds is 6. The van der Waals surface area contributed by atoms with Gasteiger partial charge in [-0.2, -0.15) is 0 Å². The molecule has 30 heavy (non-hydrogen) atoms. The van der Waals surface area contributed by atoms with Gasteiger partial charge in [0, 0.05) is 37.4 Å². The summed E-state index contributed by atoms with van der Waals surface area (Å²) in [6, 6.07) is 10.1. The lowest BCUT2D eigenvalue weighted by Gasteiger charge is -2.38. The number of halogens is 1. The Labute approximate surface area is 177 Å². The molecule has 0 N–H and O–H groups in total. The molecule has 0 bridgehead atoms. The number of carbonyl (C=O) groups excluding carboxylic acids is 2. The smallest absolute Gasteiger partial charge is 0.243 e. The van der Waals surface area contributed by atoms with Crippen LogP contribution in [0.1, 0.15) is 56.3 Å². The molecule has 1 unspecified atom stereocenters. The van der Waals surface area contributed by atoms with E-state index in [0.29, 0.717) is 19.6 Å². The van der Waals surface area contributed by atoms with E-state index < -0.39 is 0 Å². The van der Waals surface area contributed by atoms with Crippen molar-refractivity contribution in [3.05, 3.63) is 59.7 Å². The van der Waals surface area contributed by atoms with E-state index in [1.165, 1.54) is 12.1 Å². The molecule has 2 aromatic rings. The second-order valence-electron chi connectivity index (χ2n) is 8.41. The Hall–Kier alpha value is -2.63. The monoisotopic (exact) mass is 411 g/mol. The molecular weight excluding hydrogens is 381 g/mol. The summed E-state index contributed by atoms with van der Waals surface area (Å²) in [5.74, 6) is -0.212. The normalized spacial score (nSPS) is 19.0. The minimum absolute atomic E-state index is 0.0574. The Bertz CT molecular complexity index is 903. The highest BCUT2D eigenvalue weighted by atomic mass is 19.1. The summed E-state index contributed by atoms with van der Waals surface area (Å²) in [4.78, 5) is 30.0. The SMILES string of the molecule is CCCN(CC(=O)N1CCn2cccc2C1c1cccc(F)c1)C(=O)C1CCCC1. The van der Waals surface area contributed by atoms with Gasteiger partial charge in [0.1, 0.15) is 5.82 Å². The molecule has 1 aliphatic heterocycles. The van der Waals surface area contributed by atoms with Gasteiger partial charge in [-0.1, -0.05) is 31.9 Å². The van der Waals surface area contributed by atoms with Gasteiger partial charge in [-0.15, -0.1) is 0 Å². The number of amides is 2. The van der Waals surface area contributed by atoms with E-state index in [4.69, 9.17) is 0 Å². The fraction of sp³-hybridized carbons (Fsp3) is 0.500. The van der Waals surface area contributed by atoms with Gasteiger partial charge >= 0.3 is 0 Å². The molecule has 1 aromatic heterocycles. The Kier molecular flexibility index (Phi) is 6.21. The van der Waals surface area contributed by atoms with Gasteiger partial charge in [0.25, 0.3) is 0 Å². The lowest BCUT2D eigenvalue weighted by molar-refractivity contribution is -0.144. The molecule has 1 aromatic carbocycles. The van der Waals surface area contributed by atoms with Crippen molar-refractivity contribution in [1.29, 1.82) is 0 Å². The van der Waals surface area contributed by atoms with Crippen LogP contribution < -0.4 is 0 Å². The van der Waals surface area contributed by atoms with Crippen LogP contribution in [0.25, 0.3) is 0 Å². The molecular formula is C24H30FN3O2. The number of aromatic nitrogens is 1. The quantitative estimate of drug-likeness (QED) is 0.722. The zero-order valence-corrected chi connectivity index (χ0v) is 17.6. The highest BCUT2D eigenvalue weighted by molar-refractivity contribution is 5.86. The van der Waals surface area contributed by atoms with Gasteiger partial charge in [0.05, 0.1) is 12.6 Å². The first-order chi connectivity index (χ1) is 14.6. The molecule has 2 amide bonds. The zero-order valence-electron chi connectivity index (χ0n) is 17.6. The fourth-order valence-electron chi connectivity index (χ4n) is 4.90. The molecule has 5 nitrogen and oxygen atoms in total. The molecule has 0 saturated heterocycles. The van der Waals surface area contributed by atoms with Crippen LogP contribution in [0.15, 0.2) is 42.6 Å². The van der Waals surface area contributed by atoms with E-state index in [1.807, 2.05) is 36.2 Å². The average Bonchev–Trinajstić information content (AvgIpc) is 3.44. The maximum absolute atomic E-state index is 14.0. The third kappa shape index (κ3) is 4.13. The summed E-state index contributed by atoms with van der Waals surface area (Å²) in [6.45, 7) is 3.96. The van der Waals surface area contributed by atoms with E-state index in [0.717, 1.165) is 43.4 Å². The summed E-state index contributed by atoms with van der Waals surface area (Å²) in [7, 11) is 0. The minimum atomic E-state index is -0.345. The minimum Gasteiger partial charge on any atom is -0.348 e. The summed E-state index contributed by atoms with van der Waals surface area (Å²) in [5, 5.41) is 0. The van der Waals surface area contributed by atoms with Crippen molar-refractivity contribution in [3.8, 4) is 0 Å². The lowest BCUT2D eigenvalue weighted by atomic mass is 9.99. The maximum atomic E-state index is 14.0. The van der Waals surface area contributed by atoms with E-state index in [2.05, 4.69) is 4.57 Å². The van der Waals surface area contributed by atoms with Crippen LogP contribution in [0.3, 0.4) is 0 Å². The molecule has 1 saturated carbocycles. The molecule has 1 aliphatic carbocycles. The zero-order chi connectivity index (χ0) is 21.1. The van der Waals surface area contributed by atoms with Crippen molar-refractivity contribution in [2.45, 2.75) is 51.6 Å². The summed E-state index contributed by atoms with van der Waals surface area (Å²) < 4.78 is 16.1. The first kappa shape index (κ1) is 20.6. The number of fused-ring (bicyclic) bond motifs is 1. The molecule has 2 heterocycles. The second kappa shape index (κ2) is 9.02. The molecule has 4 rings (SSSR count). The van der Waals surface area contributed by atoms with Crippen molar-refractivity contribution in [3.63, 3.8) is 0 Å². The topological polar surface area (TPSA) is 45.6 Å². The van der Waals surface area contributed by atoms with Crippen molar-refractivity contribution in [2.24, 2.45) is 5.92 Å².